The second kappa shape index (κ2) is 9.18. The largest absolute Gasteiger partial charge is 0.324 e. The molecule has 156 valence electrons. The van der Waals surface area contributed by atoms with E-state index in [1.54, 1.807) is 18.2 Å². The fourth-order valence-corrected chi connectivity index (χ4v) is 4.84. The Morgan fingerprint density at radius 2 is 1.83 bits per heavy atom. The number of nitrogens with one attached hydrogen (secondary N) is 1. The Hall–Kier alpha value is -1.73. The van der Waals surface area contributed by atoms with E-state index < -0.39 is 0 Å². The molecule has 0 bridgehead atoms. The minimum Gasteiger partial charge on any atom is -0.324 e. The van der Waals surface area contributed by atoms with Gasteiger partial charge >= 0.3 is 0 Å². The third-order valence-corrected chi connectivity index (χ3v) is 6.79. The molecule has 30 heavy (non-hydrogen) atoms. The molecule has 0 saturated heterocycles. The predicted molar refractivity (Wildman–Crippen MR) is 123 cm³/mol. The van der Waals surface area contributed by atoms with Gasteiger partial charge in [-0.25, -0.2) is 0 Å². The lowest BCUT2D eigenvalue weighted by Gasteiger charge is -2.09. The molecule has 1 aliphatic carbocycles. The Balaban J connectivity index is 1.39. The lowest BCUT2D eigenvalue weighted by atomic mass is 10.1. The highest BCUT2D eigenvalue weighted by atomic mass is 35.5. The summed E-state index contributed by atoms with van der Waals surface area (Å²) in [5.41, 5.74) is 1.80. The first-order valence-corrected chi connectivity index (χ1v) is 11.6. The normalized spacial score (nSPS) is 17.7. The van der Waals surface area contributed by atoms with Gasteiger partial charge in [-0.05, 0) is 55.2 Å². The Bertz CT molecular complexity index is 1070. The fraction of sp³-hybridized carbons (Fsp3) is 0.286. The molecule has 5 nitrogen and oxygen atoms in total. The summed E-state index contributed by atoms with van der Waals surface area (Å²) < 4.78 is 2.09. The van der Waals surface area contributed by atoms with Gasteiger partial charge < -0.3 is 9.88 Å². The number of carbonyl (C=O) groups excluding carboxylic acids is 1. The van der Waals surface area contributed by atoms with Crippen molar-refractivity contribution in [2.75, 3.05) is 11.1 Å². The number of aromatic nitrogens is 3. The van der Waals surface area contributed by atoms with Crippen LogP contribution in [0.3, 0.4) is 0 Å². The standard InChI is InChI=1S/C21H19Cl3N4OS/c1-2-28-20(16-10-15(16)12-3-5-13(22)6-4-12)26-27-21(28)30-11-19(29)25-18-8-7-14(23)9-17(18)24/h3-9,15-16H,2,10-11H2,1H3,(H,25,29). The van der Waals surface area contributed by atoms with Crippen LogP contribution < -0.4 is 5.32 Å². The number of hydrogen-bond donors (Lipinski definition) is 1. The second-order valence-corrected chi connectivity index (χ2v) is 9.27. The third-order valence-electron chi connectivity index (χ3n) is 5.02. The summed E-state index contributed by atoms with van der Waals surface area (Å²) in [7, 11) is 0. The number of amides is 1. The molecule has 2 atom stereocenters. The molecule has 0 spiro atoms. The van der Waals surface area contributed by atoms with E-state index in [-0.39, 0.29) is 11.7 Å². The van der Waals surface area contributed by atoms with E-state index in [1.807, 2.05) is 12.1 Å². The summed E-state index contributed by atoms with van der Waals surface area (Å²) in [5, 5.41) is 14.0. The zero-order valence-corrected chi connectivity index (χ0v) is 19.2. The van der Waals surface area contributed by atoms with Gasteiger partial charge in [-0.1, -0.05) is 58.7 Å². The first kappa shape index (κ1) is 21.5. The summed E-state index contributed by atoms with van der Waals surface area (Å²) in [4.78, 5) is 12.3. The number of halogens is 3. The van der Waals surface area contributed by atoms with Gasteiger partial charge in [0.1, 0.15) is 5.82 Å². The highest BCUT2D eigenvalue weighted by molar-refractivity contribution is 7.99. The molecule has 9 heteroatoms. The second-order valence-electron chi connectivity index (χ2n) is 7.05. The van der Waals surface area contributed by atoms with Crippen LogP contribution in [0.15, 0.2) is 47.6 Å². The van der Waals surface area contributed by atoms with Crippen molar-refractivity contribution < 1.29 is 4.79 Å². The van der Waals surface area contributed by atoms with E-state index in [2.05, 4.69) is 39.1 Å². The molecule has 1 fully saturated rings. The number of carbonyl (C=O) groups is 1. The zero-order chi connectivity index (χ0) is 21.3. The summed E-state index contributed by atoms with van der Waals surface area (Å²) in [5.74, 6) is 1.80. The Kier molecular flexibility index (Phi) is 6.58. The SMILES string of the molecule is CCn1c(SCC(=O)Nc2ccc(Cl)cc2Cl)nnc1C1CC1c1ccc(Cl)cc1. The molecule has 1 heterocycles. The van der Waals surface area contributed by atoms with Crippen molar-refractivity contribution in [2.24, 2.45) is 0 Å². The lowest BCUT2D eigenvalue weighted by molar-refractivity contribution is -0.113. The average Bonchev–Trinajstić information content (AvgIpc) is 3.41. The quantitative estimate of drug-likeness (QED) is 0.405. The molecule has 3 aromatic rings. The minimum atomic E-state index is -0.165. The Morgan fingerprint density at radius 3 is 2.53 bits per heavy atom. The number of anilines is 1. The number of rotatable bonds is 7. The average molecular weight is 482 g/mol. The van der Waals surface area contributed by atoms with Crippen LogP contribution in [0.25, 0.3) is 0 Å². The van der Waals surface area contributed by atoms with Crippen molar-refractivity contribution >= 4 is 58.2 Å². The highest BCUT2D eigenvalue weighted by Crippen LogP contribution is 2.54. The molecule has 2 unspecified atom stereocenters. The zero-order valence-electron chi connectivity index (χ0n) is 16.1. The molecule has 2 aromatic carbocycles. The molecular formula is C21H19Cl3N4OS. The van der Waals surface area contributed by atoms with Crippen LogP contribution in [-0.4, -0.2) is 26.4 Å². The Labute approximate surface area is 194 Å². The maximum absolute atomic E-state index is 12.3. The smallest absolute Gasteiger partial charge is 0.234 e. The Morgan fingerprint density at radius 1 is 1.10 bits per heavy atom. The maximum Gasteiger partial charge on any atom is 0.234 e. The van der Waals surface area contributed by atoms with E-state index >= 15 is 0 Å². The van der Waals surface area contributed by atoms with Crippen molar-refractivity contribution in [2.45, 2.75) is 36.9 Å². The maximum atomic E-state index is 12.3. The lowest BCUT2D eigenvalue weighted by Crippen LogP contribution is -2.15. The van der Waals surface area contributed by atoms with Crippen LogP contribution >= 0.6 is 46.6 Å². The fourth-order valence-electron chi connectivity index (χ4n) is 3.44. The summed E-state index contributed by atoms with van der Waals surface area (Å²) in [6, 6.07) is 12.9. The van der Waals surface area contributed by atoms with Crippen LogP contribution in [0.1, 0.15) is 36.6 Å². The van der Waals surface area contributed by atoms with Crippen LogP contribution in [0.2, 0.25) is 15.1 Å². The van der Waals surface area contributed by atoms with Crippen molar-refractivity contribution in [3.8, 4) is 0 Å². The van der Waals surface area contributed by atoms with Crippen molar-refractivity contribution in [1.29, 1.82) is 0 Å². The van der Waals surface area contributed by atoms with Crippen LogP contribution in [0, 0.1) is 0 Å². The third kappa shape index (κ3) is 4.78. The van der Waals surface area contributed by atoms with E-state index in [4.69, 9.17) is 34.8 Å². The monoisotopic (exact) mass is 480 g/mol. The van der Waals surface area contributed by atoms with Crippen LogP contribution in [0.4, 0.5) is 5.69 Å². The predicted octanol–water partition coefficient (Wildman–Crippen LogP) is 6.26. The summed E-state index contributed by atoms with van der Waals surface area (Å²) in [6.45, 7) is 2.81. The van der Waals surface area contributed by atoms with E-state index in [0.29, 0.717) is 27.6 Å². The number of thioether (sulfide) groups is 1. The molecule has 1 aromatic heterocycles. The first-order valence-electron chi connectivity index (χ1n) is 9.52. The number of benzene rings is 2. The van der Waals surface area contributed by atoms with Gasteiger partial charge in [0.2, 0.25) is 5.91 Å². The summed E-state index contributed by atoms with van der Waals surface area (Å²) >= 11 is 19.4. The minimum absolute atomic E-state index is 0.165. The molecule has 1 amide bonds. The van der Waals surface area contributed by atoms with E-state index in [0.717, 1.165) is 29.0 Å². The van der Waals surface area contributed by atoms with Crippen LogP contribution in [0.5, 0.6) is 0 Å². The molecule has 0 radical (unpaired) electrons. The van der Waals surface area contributed by atoms with Gasteiger partial charge in [0.15, 0.2) is 5.16 Å². The highest BCUT2D eigenvalue weighted by Gasteiger charge is 2.43. The summed E-state index contributed by atoms with van der Waals surface area (Å²) in [6.07, 6.45) is 1.04. The van der Waals surface area contributed by atoms with Gasteiger partial charge in [-0.3, -0.25) is 4.79 Å². The molecule has 1 saturated carbocycles. The van der Waals surface area contributed by atoms with Gasteiger partial charge in [-0.2, -0.15) is 0 Å². The van der Waals surface area contributed by atoms with E-state index in [9.17, 15) is 4.79 Å². The van der Waals surface area contributed by atoms with Crippen molar-refractivity contribution in [1.82, 2.24) is 14.8 Å². The molecule has 1 aliphatic rings. The van der Waals surface area contributed by atoms with Gasteiger partial charge in [0.05, 0.1) is 16.5 Å². The molecular weight excluding hydrogens is 463 g/mol. The van der Waals surface area contributed by atoms with Gasteiger partial charge in [-0.15, -0.1) is 10.2 Å². The van der Waals surface area contributed by atoms with E-state index in [1.165, 1.54) is 17.3 Å². The molecule has 1 N–H and O–H groups in total. The number of hydrogen-bond acceptors (Lipinski definition) is 4. The topological polar surface area (TPSA) is 59.8 Å². The van der Waals surface area contributed by atoms with Crippen molar-refractivity contribution in [3.05, 3.63) is 68.9 Å². The van der Waals surface area contributed by atoms with Crippen molar-refractivity contribution in [3.63, 3.8) is 0 Å². The first-order chi connectivity index (χ1) is 14.5. The molecule has 0 aliphatic heterocycles. The van der Waals surface area contributed by atoms with Gasteiger partial charge in [0, 0.05) is 22.5 Å². The number of nitrogens with zero attached hydrogens (tertiary/aromatic N) is 3. The van der Waals surface area contributed by atoms with Crippen LogP contribution in [-0.2, 0) is 11.3 Å². The molecule has 4 rings (SSSR count). The van der Waals surface area contributed by atoms with Gasteiger partial charge in [0.25, 0.3) is 0 Å².